The highest BCUT2D eigenvalue weighted by Crippen LogP contribution is 2.26. The van der Waals surface area contributed by atoms with E-state index in [4.69, 9.17) is 0 Å². The fourth-order valence-corrected chi connectivity index (χ4v) is 2.73. The van der Waals surface area contributed by atoms with Crippen molar-refractivity contribution >= 4 is 16.4 Å². The summed E-state index contributed by atoms with van der Waals surface area (Å²) in [5.74, 6) is 0.716. The van der Waals surface area contributed by atoms with E-state index >= 15 is 0 Å². The lowest BCUT2D eigenvalue weighted by atomic mass is 10.1. The second-order valence-corrected chi connectivity index (χ2v) is 5.31. The number of pyridine rings is 2. The van der Waals surface area contributed by atoms with E-state index in [-0.39, 0.29) is 0 Å². The third-order valence-corrected chi connectivity index (χ3v) is 3.66. The van der Waals surface area contributed by atoms with Crippen molar-refractivity contribution in [2.75, 3.05) is 0 Å². The smallest absolute Gasteiger partial charge is 0.184 e. The highest BCUT2D eigenvalue weighted by molar-refractivity contribution is 5.94. The third kappa shape index (κ3) is 1.88. The third-order valence-electron chi connectivity index (χ3n) is 3.66. The van der Waals surface area contributed by atoms with Crippen LogP contribution in [0.5, 0.6) is 0 Å². The van der Waals surface area contributed by atoms with Crippen molar-refractivity contribution in [3.63, 3.8) is 0 Å². The van der Waals surface area contributed by atoms with Gasteiger partial charge in [-0.3, -0.25) is 4.98 Å². The number of aromatic nitrogens is 4. The summed E-state index contributed by atoms with van der Waals surface area (Å²) in [5, 5.41) is 6.84. The molecule has 21 heavy (non-hydrogen) atoms. The topological polar surface area (TPSA) is 43.1 Å². The minimum atomic E-state index is 0.716. The maximum absolute atomic E-state index is 4.69. The minimum absolute atomic E-state index is 0.716. The maximum atomic E-state index is 4.69. The average Bonchev–Trinajstić information content (AvgIpc) is 2.90. The molecule has 0 aliphatic rings. The molecule has 102 valence electrons. The molecule has 0 atom stereocenters. The van der Waals surface area contributed by atoms with Gasteiger partial charge in [-0.25, -0.2) is 9.50 Å². The predicted molar refractivity (Wildman–Crippen MR) is 83.2 cm³/mol. The molecule has 0 saturated heterocycles. The van der Waals surface area contributed by atoms with Gasteiger partial charge >= 0.3 is 0 Å². The van der Waals surface area contributed by atoms with Crippen LogP contribution in [-0.2, 0) is 0 Å². The van der Waals surface area contributed by atoms with Crippen molar-refractivity contribution in [3.8, 4) is 11.4 Å². The Kier molecular flexibility index (Phi) is 2.51. The second-order valence-electron chi connectivity index (χ2n) is 5.31. The monoisotopic (exact) mass is 274 g/mol. The quantitative estimate of drug-likeness (QED) is 0.533. The van der Waals surface area contributed by atoms with Gasteiger partial charge in [-0.2, -0.15) is 0 Å². The van der Waals surface area contributed by atoms with Crippen LogP contribution in [0.1, 0.15) is 11.1 Å². The summed E-state index contributed by atoms with van der Waals surface area (Å²) in [4.78, 5) is 9.00. The molecule has 4 aromatic rings. The van der Waals surface area contributed by atoms with Gasteiger partial charge < -0.3 is 0 Å². The van der Waals surface area contributed by atoms with Crippen molar-refractivity contribution in [2.45, 2.75) is 13.8 Å². The van der Waals surface area contributed by atoms with Crippen LogP contribution in [0, 0.1) is 13.8 Å². The van der Waals surface area contributed by atoms with Gasteiger partial charge in [0.2, 0.25) is 0 Å². The van der Waals surface area contributed by atoms with Crippen molar-refractivity contribution < 1.29 is 0 Å². The summed E-state index contributed by atoms with van der Waals surface area (Å²) in [6, 6.07) is 10.3. The molecule has 0 saturated carbocycles. The van der Waals surface area contributed by atoms with E-state index < -0.39 is 0 Å². The molecule has 3 aromatic heterocycles. The van der Waals surface area contributed by atoms with Crippen LogP contribution in [0.2, 0.25) is 0 Å². The number of nitrogens with zero attached hydrogens (tertiary/aromatic N) is 4. The van der Waals surface area contributed by atoms with Gasteiger partial charge in [0.1, 0.15) is 0 Å². The van der Waals surface area contributed by atoms with Crippen LogP contribution in [0.4, 0.5) is 0 Å². The lowest BCUT2D eigenvalue weighted by molar-refractivity contribution is 0.950. The Morgan fingerprint density at radius 2 is 1.90 bits per heavy atom. The Balaban J connectivity index is 2.03. The summed E-state index contributed by atoms with van der Waals surface area (Å²) in [7, 11) is 0. The Hall–Kier alpha value is -2.75. The van der Waals surface area contributed by atoms with Crippen molar-refractivity contribution in [1.29, 1.82) is 0 Å². The number of hydrogen-bond acceptors (Lipinski definition) is 3. The Morgan fingerprint density at radius 1 is 1.05 bits per heavy atom. The van der Waals surface area contributed by atoms with E-state index in [1.807, 2.05) is 35.2 Å². The van der Waals surface area contributed by atoms with E-state index in [0.717, 1.165) is 27.5 Å². The van der Waals surface area contributed by atoms with Crippen molar-refractivity contribution in [1.82, 2.24) is 19.6 Å². The van der Waals surface area contributed by atoms with E-state index in [9.17, 15) is 0 Å². The van der Waals surface area contributed by atoms with Crippen LogP contribution in [0.15, 0.2) is 48.9 Å². The number of aryl methyl sites for hydroxylation is 2. The normalized spacial score (nSPS) is 11.3. The summed E-state index contributed by atoms with van der Waals surface area (Å²) in [6.07, 6.45) is 5.70. The van der Waals surface area contributed by atoms with Crippen LogP contribution in [-0.4, -0.2) is 19.6 Å². The first-order valence-electron chi connectivity index (χ1n) is 6.89. The zero-order valence-electron chi connectivity index (χ0n) is 11.9. The molecule has 0 aliphatic heterocycles. The molecular weight excluding hydrogens is 260 g/mol. The molecule has 0 bridgehead atoms. The molecule has 0 spiro atoms. The lowest BCUT2D eigenvalue weighted by Crippen LogP contribution is -1.91. The first kappa shape index (κ1) is 12.0. The molecule has 0 unspecified atom stereocenters. The molecule has 0 fully saturated rings. The first-order chi connectivity index (χ1) is 10.2. The summed E-state index contributed by atoms with van der Waals surface area (Å²) in [5.41, 5.74) is 4.16. The Labute approximate surface area is 122 Å². The molecule has 4 nitrogen and oxygen atoms in total. The summed E-state index contributed by atoms with van der Waals surface area (Å²) >= 11 is 0. The summed E-state index contributed by atoms with van der Waals surface area (Å²) in [6.45, 7) is 4.12. The number of benzene rings is 1. The van der Waals surface area contributed by atoms with Gasteiger partial charge in [0.15, 0.2) is 11.5 Å². The Morgan fingerprint density at radius 3 is 2.81 bits per heavy atom. The van der Waals surface area contributed by atoms with Crippen molar-refractivity contribution in [2.24, 2.45) is 0 Å². The van der Waals surface area contributed by atoms with Gasteiger partial charge in [-0.15, -0.1) is 5.10 Å². The van der Waals surface area contributed by atoms with E-state index in [0.29, 0.717) is 5.82 Å². The van der Waals surface area contributed by atoms with E-state index in [1.165, 1.54) is 5.56 Å². The summed E-state index contributed by atoms with van der Waals surface area (Å²) < 4.78 is 1.85. The zero-order valence-corrected chi connectivity index (χ0v) is 11.9. The number of hydrogen-bond donors (Lipinski definition) is 0. The average molecular weight is 274 g/mol. The van der Waals surface area contributed by atoms with Crippen LogP contribution >= 0.6 is 0 Å². The molecule has 1 aromatic carbocycles. The molecule has 4 rings (SSSR count). The SMILES string of the molecule is Cc1cc(C)c2nc(-c3cncc4ccccc34)nn2c1. The van der Waals surface area contributed by atoms with Gasteiger partial charge in [0.25, 0.3) is 0 Å². The molecule has 0 N–H and O–H groups in total. The van der Waals surface area contributed by atoms with Crippen LogP contribution in [0.25, 0.3) is 27.8 Å². The fourth-order valence-electron chi connectivity index (χ4n) is 2.73. The minimum Gasteiger partial charge on any atom is -0.263 e. The standard InChI is InChI=1S/C17H14N4/c1-11-7-12(2)17-19-16(20-21(17)10-11)15-9-18-8-13-5-3-4-6-14(13)15/h3-10H,1-2H3. The second kappa shape index (κ2) is 4.38. The van der Waals surface area contributed by atoms with Gasteiger partial charge in [-0.1, -0.05) is 30.3 Å². The molecule has 4 heteroatoms. The first-order valence-corrected chi connectivity index (χ1v) is 6.89. The van der Waals surface area contributed by atoms with Crippen LogP contribution < -0.4 is 0 Å². The van der Waals surface area contributed by atoms with Gasteiger partial charge in [0.05, 0.1) is 0 Å². The molecule has 0 aliphatic carbocycles. The highest BCUT2D eigenvalue weighted by Gasteiger charge is 2.11. The predicted octanol–water partition coefficient (Wildman–Crippen LogP) is 3.56. The van der Waals surface area contributed by atoms with Crippen LogP contribution in [0.3, 0.4) is 0 Å². The maximum Gasteiger partial charge on any atom is 0.184 e. The number of rotatable bonds is 1. The molecule has 0 radical (unpaired) electrons. The van der Waals surface area contributed by atoms with Gasteiger partial charge in [-0.05, 0) is 30.4 Å². The fraction of sp³-hybridized carbons (Fsp3) is 0.118. The molecule has 0 amide bonds. The van der Waals surface area contributed by atoms with Gasteiger partial charge in [0, 0.05) is 29.5 Å². The largest absolute Gasteiger partial charge is 0.263 e. The number of fused-ring (bicyclic) bond motifs is 2. The van der Waals surface area contributed by atoms with E-state index in [1.54, 1.807) is 0 Å². The zero-order chi connectivity index (χ0) is 14.4. The van der Waals surface area contributed by atoms with Crippen molar-refractivity contribution in [3.05, 3.63) is 60.0 Å². The lowest BCUT2D eigenvalue weighted by Gasteiger charge is -2.01. The van der Waals surface area contributed by atoms with E-state index in [2.05, 4.69) is 47.1 Å². The highest BCUT2D eigenvalue weighted by atomic mass is 15.3. The molecular formula is C17H14N4. The molecule has 3 heterocycles. The Bertz CT molecular complexity index is 964.